The number of carbonyl (C=O) groups excluding carboxylic acids is 3. The van der Waals surface area contributed by atoms with Crippen molar-refractivity contribution in [3.8, 4) is 0 Å². The van der Waals surface area contributed by atoms with Crippen LogP contribution in [0.5, 0.6) is 0 Å². The van der Waals surface area contributed by atoms with Gasteiger partial charge in [0.05, 0.1) is 5.56 Å². The van der Waals surface area contributed by atoms with Gasteiger partial charge in [-0.15, -0.1) is 0 Å². The monoisotopic (exact) mass is 415 g/mol. The van der Waals surface area contributed by atoms with Crippen molar-refractivity contribution in [2.45, 2.75) is 46.0 Å². The summed E-state index contributed by atoms with van der Waals surface area (Å²) in [6.45, 7) is 5.72. The predicted molar refractivity (Wildman–Crippen MR) is 110 cm³/mol. The molecule has 7 nitrogen and oxygen atoms in total. The zero-order valence-electron chi connectivity index (χ0n) is 17.2. The largest absolute Gasteiger partial charge is 0.449 e. The van der Waals surface area contributed by atoms with Crippen molar-refractivity contribution >= 4 is 17.9 Å². The lowest BCUT2D eigenvalue weighted by atomic mass is 10.1. The second kappa shape index (κ2) is 10.9. The summed E-state index contributed by atoms with van der Waals surface area (Å²) in [5.41, 5.74) is 1.84. The van der Waals surface area contributed by atoms with Gasteiger partial charge in [0.15, 0.2) is 6.10 Å². The third kappa shape index (κ3) is 7.54. The molecule has 0 aromatic heterocycles. The molecule has 0 heterocycles. The highest BCUT2D eigenvalue weighted by atomic mass is 19.1. The first-order valence-electron chi connectivity index (χ1n) is 9.61. The van der Waals surface area contributed by atoms with Gasteiger partial charge >= 0.3 is 12.0 Å². The molecule has 2 aromatic carbocycles. The Bertz CT molecular complexity index is 867. The van der Waals surface area contributed by atoms with Gasteiger partial charge in [0.1, 0.15) is 5.82 Å². The second-order valence-electron chi connectivity index (χ2n) is 7.07. The topological polar surface area (TPSA) is 96.5 Å². The van der Waals surface area contributed by atoms with E-state index in [0.29, 0.717) is 12.1 Å². The normalized spacial score (nSPS) is 11.5. The number of halogens is 1. The Labute approximate surface area is 175 Å². The number of hydrogen-bond acceptors (Lipinski definition) is 4. The molecule has 0 bridgehead atoms. The van der Waals surface area contributed by atoms with Gasteiger partial charge in [0, 0.05) is 19.1 Å². The molecular weight excluding hydrogens is 389 g/mol. The molecule has 0 aliphatic heterocycles. The van der Waals surface area contributed by atoms with Crippen LogP contribution in [-0.2, 0) is 22.6 Å². The number of amides is 3. The van der Waals surface area contributed by atoms with Gasteiger partial charge in [0.25, 0.3) is 5.91 Å². The summed E-state index contributed by atoms with van der Waals surface area (Å²) in [4.78, 5) is 36.0. The Morgan fingerprint density at radius 3 is 1.97 bits per heavy atom. The Hall–Kier alpha value is -3.42. The number of carbonyl (C=O) groups is 3. The van der Waals surface area contributed by atoms with E-state index in [1.807, 2.05) is 13.8 Å². The molecule has 0 aliphatic carbocycles. The third-order valence-corrected chi connectivity index (χ3v) is 4.10. The Balaban J connectivity index is 1.80. The van der Waals surface area contributed by atoms with Crippen molar-refractivity contribution in [2.75, 3.05) is 0 Å². The van der Waals surface area contributed by atoms with E-state index in [2.05, 4.69) is 16.0 Å². The fraction of sp³-hybridized carbons (Fsp3) is 0.318. The van der Waals surface area contributed by atoms with Crippen molar-refractivity contribution in [2.24, 2.45) is 0 Å². The van der Waals surface area contributed by atoms with Crippen molar-refractivity contribution in [3.05, 3.63) is 71.0 Å². The van der Waals surface area contributed by atoms with E-state index in [1.165, 1.54) is 19.1 Å². The van der Waals surface area contributed by atoms with Crippen LogP contribution in [-0.4, -0.2) is 30.1 Å². The molecule has 0 spiro atoms. The third-order valence-electron chi connectivity index (χ3n) is 4.10. The fourth-order valence-corrected chi connectivity index (χ4v) is 2.47. The van der Waals surface area contributed by atoms with Gasteiger partial charge in [0.2, 0.25) is 0 Å². The van der Waals surface area contributed by atoms with Gasteiger partial charge in [-0.1, -0.05) is 24.3 Å². The van der Waals surface area contributed by atoms with Crippen LogP contribution in [0.1, 0.15) is 42.3 Å². The number of nitrogens with one attached hydrogen (secondary N) is 3. The maximum atomic E-state index is 12.9. The van der Waals surface area contributed by atoms with Gasteiger partial charge in [-0.2, -0.15) is 0 Å². The van der Waals surface area contributed by atoms with E-state index in [4.69, 9.17) is 4.74 Å². The van der Waals surface area contributed by atoms with Crippen molar-refractivity contribution in [1.29, 1.82) is 0 Å². The molecule has 0 saturated heterocycles. The summed E-state index contributed by atoms with van der Waals surface area (Å²) in [6, 6.07) is 12.1. The van der Waals surface area contributed by atoms with Crippen LogP contribution in [0.15, 0.2) is 48.5 Å². The Morgan fingerprint density at radius 2 is 1.40 bits per heavy atom. The maximum Gasteiger partial charge on any atom is 0.338 e. The summed E-state index contributed by atoms with van der Waals surface area (Å²) < 4.78 is 18.1. The molecular formula is C22H26FN3O4. The lowest BCUT2D eigenvalue weighted by molar-refractivity contribution is -0.129. The highest BCUT2D eigenvalue weighted by molar-refractivity contribution is 5.92. The summed E-state index contributed by atoms with van der Waals surface area (Å²) in [7, 11) is 0. The van der Waals surface area contributed by atoms with E-state index in [0.717, 1.165) is 11.1 Å². The molecule has 30 heavy (non-hydrogen) atoms. The van der Waals surface area contributed by atoms with Crippen molar-refractivity contribution < 1.29 is 23.5 Å². The number of rotatable bonds is 8. The van der Waals surface area contributed by atoms with E-state index < -0.39 is 18.0 Å². The summed E-state index contributed by atoms with van der Waals surface area (Å²) in [5, 5.41) is 8.08. The molecule has 160 valence electrons. The molecule has 3 N–H and O–H groups in total. The molecule has 8 heteroatoms. The zero-order valence-corrected chi connectivity index (χ0v) is 17.2. The molecule has 0 aliphatic rings. The lowest BCUT2D eigenvalue weighted by Gasteiger charge is -2.14. The summed E-state index contributed by atoms with van der Waals surface area (Å²) >= 11 is 0. The zero-order chi connectivity index (χ0) is 22.1. The van der Waals surface area contributed by atoms with E-state index in [1.54, 1.807) is 36.4 Å². The standard InChI is InChI=1S/C22H26FN3O4/c1-14(2)26-22(29)25-13-16-4-8-18(9-5-16)21(28)30-15(3)20(27)24-12-17-6-10-19(23)11-7-17/h4-11,14-15H,12-13H2,1-3H3,(H,24,27)(H2,25,26,29)/t15-/m1/s1. The molecule has 0 fully saturated rings. The molecule has 3 amide bonds. The van der Waals surface area contributed by atoms with Gasteiger partial charge in [-0.25, -0.2) is 14.0 Å². The number of urea groups is 1. The average Bonchev–Trinajstić information content (AvgIpc) is 2.71. The van der Waals surface area contributed by atoms with Gasteiger partial charge in [-0.05, 0) is 56.2 Å². The SMILES string of the molecule is CC(C)NC(=O)NCc1ccc(C(=O)O[C@H](C)C(=O)NCc2ccc(F)cc2)cc1. The average molecular weight is 415 g/mol. The van der Waals surface area contributed by atoms with Gasteiger partial charge in [-0.3, -0.25) is 4.79 Å². The van der Waals surface area contributed by atoms with Crippen molar-refractivity contribution in [3.63, 3.8) is 0 Å². The first-order chi connectivity index (χ1) is 14.2. The van der Waals surface area contributed by atoms with E-state index in [9.17, 15) is 18.8 Å². The Morgan fingerprint density at radius 1 is 0.867 bits per heavy atom. The van der Waals surface area contributed by atoms with Crippen LogP contribution in [0, 0.1) is 5.82 Å². The molecule has 0 radical (unpaired) electrons. The summed E-state index contributed by atoms with van der Waals surface area (Å²) in [5.74, 6) is -1.44. The minimum absolute atomic E-state index is 0.0389. The smallest absolute Gasteiger partial charge is 0.338 e. The van der Waals surface area contributed by atoms with Crippen LogP contribution in [0.3, 0.4) is 0 Å². The number of hydrogen-bond donors (Lipinski definition) is 3. The van der Waals surface area contributed by atoms with Crippen LogP contribution < -0.4 is 16.0 Å². The first-order valence-corrected chi connectivity index (χ1v) is 9.61. The van der Waals surface area contributed by atoms with Crippen LogP contribution in [0.25, 0.3) is 0 Å². The van der Waals surface area contributed by atoms with Crippen LogP contribution in [0.2, 0.25) is 0 Å². The maximum absolute atomic E-state index is 12.9. The minimum Gasteiger partial charge on any atom is -0.449 e. The lowest BCUT2D eigenvalue weighted by Crippen LogP contribution is -2.39. The molecule has 2 rings (SSSR count). The number of ether oxygens (including phenoxy) is 1. The van der Waals surface area contributed by atoms with E-state index >= 15 is 0 Å². The molecule has 2 aromatic rings. The number of benzene rings is 2. The fourth-order valence-electron chi connectivity index (χ4n) is 2.47. The first kappa shape index (κ1) is 22.9. The second-order valence-corrected chi connectivity index (χ2v) is 7.07. The Kier molecular flexibility index (Phi) is 8.34. The quantitative estimate of drug-likeness (QED) is 0.578. The van der Waals surface area contributed by atoms with Gasteiger partial charge < -0.3 is 20.7 Å². The predicted octanol–water partition coefficient (Wildman–Crippen LogP) is 2.90. The highest BCUT2D eigenvalue weighted by Crippen LogP contribution is 2.08. The molecule has 1 atom stereocenters. The van der Waals surface area contributed by atoms with Crippen LogP contribution in [0.4, 0.5) is 9.18 Å². The number of esters is 1. The van der Waals surface area contributed by atoms with E-state index in [-0.39, 0.29) is 24.4 Å². The van der Waals surface area contributed by atoms with Crippen molar-refractivity contribution in [1.82, 2.24) is 16.0 Å². The molecule has 0 unspecified atom stereocenters. The minimum atomic E-state index is -0.987. The van der Waals surface area contributed by atoms with Crippen LogP contribution >= 0.6 is 0 Å². The molecule has 0 saturated carbocycles. The highest BCUT2D eigenvalue weighted by Gasteiger charge is 2.18. The summed E-state index contributed by atoms with van der Waals surface area (Å²) in [6.07, 6.45) is -0.987.